The minimum Gasteiger partial charge on any atom is -0.457 e. The van der Waals surface area contributed by atoms with Gasteiger partial charge in [0.1, 0.15) is 11.5 Å². The van der Waals surface area contributed by atoms with Crippen LogP contribution in [0.2, 0.25) is 0 Å². The summed E-state index contributed by atoms with van der Waals surface area (Å²) in [4.78, 5) is 40.6. The van der Waals surface area contributed by atoms with Gasteiger partial charge in [0.25, 0.3) is 5.91 Å². The number of nitrogens with one attached hydrogen (secondary N) is 1. The summed E-state index contributed by atoms with van der Waals surface area (Å²) in [5, 5.41) is 2.88. The molecule has 0 aromatic heterocycles. The van der Waals surface area contributed by atoms with Crippen molar-refractivity contribution < 1.29 is 19.1 Å². The van der Waals surface area contributed by atoms with Gasteiger partial charge in [0.2, 0.25) is 11.8 Å². The summed E-state index contributed by atoms with van der Waals surface area (Å²) in [6, 6.07) is 21.9. The van der Waals surface area contributed by atoms with Crippen molar-refractivity contribution in [2.45, 2.75) is 32.6 Å². The molecule has 0 unspecified atom stereocenters. The molecule has 1 N–H and O–H groups in total. The summed E-state index contributed by atoms with van der Waals surface area (Å²) >= 11 is 0. The standard InChI is InChI=1S/C32H30N2O4/c1-32(2,3)22-9-13-25(14-10-22)38-26-15-11-23(12-16-26)33-29(35)21-5-4-6-24(18-21)34-30(36)27-19-7-8-20(17-19)28(27)31(34)37/h4-16,18-20,27-28H,17H2,1-3H3,(H,33,35)/t19-,20-,27-,28+/m0/s1. The number of allylic oxidation sites excluding steroid dienone is 2. The highest BCUT2D eigenvalue weighted by Gasteiger charge is 2.59. The van der Waals surface area contributed by atoms with Crippen LogP contribution in [0.3, 0.4) is 0 Å². The molecular weight excluding hydrogens is 476 g/mol. The van der Waals surface area contributed by atoms with Gasteiger partial charge in [-0.05, 0) is 83.8 Å². The quantitative estimate of drug-likeness (QED) is 0.324. The van der Waals surface area contributed by atoms with Gasteiger partial charge in [-0.1, -0.05) is 51.1 Å². The van der Waals surface area contributed by atoms with Crippen molar-refractivity contribution >= 4 is 29.1 Å². The molecule has 0 radical (unpaired) electrons. The average Bonchev–Trinajstić information content (AvgIpc) is 3.58. The highest BCUT2D eigenvalue weighted by atomic mass is 16.5. The lowest BCUT2D eigenvalue weighted by atomic mass is 9.85. The zero-order valence-corrected chi connectivity index (χ0v) is 21.7. The number of rotatable bonds is 5. The van der Waals surface area contributed by atoms with Crippen LogP contribution in [0.1, 0.15) is 43.1 Å². The zero-order chi connectivity index (χ0) is 26.6. The molecule has 1 aliphatic heterocycles. The Morgan fingerprint density at radius 3 is 2.00 bits per heavy atom. The van der Waals surface area contributed by atoms with E-state index in [1.165, 1.54) is 10.5 Å². The highest BCUT2D eigenvalue weighted by Crippen LogP contribution is 2.53. The maximum absolute atomic E-state index is 13.1. The van der Waals surface area contributed by atoms with Gasteiger partial charge in [0.15, 0.2) is 0 Å². The first-order valence-corrected chi connectivity index (χ1v) is 13.0. The normalized spacial score (nSPS) is 23.6. The van der Waals surface area contributed by atoms with Crippen LogP contribution in [0.5, 0.6) is 11.5 Å². The highest BCUT2D eigenvalue weighted by molar-refractivity contribution is 6.23. The first kappa shape index (κ1) is 24.2. The first-order valence-electron chi connectivity index (χ1n) is 13.0. The van der Waals surface area contributed by atoms with Crippen LogP contribution < -0.4 is 15.0 Å². The Balaban J connectivity index is 1.12. The molecule has 192 valence electrons. The summed E-state index contributed by atoms with van der Waals surface area (Å²) < 4.78 is 5.95. The van der Waals surface area contributed by atoms with Crippen LogP contribution >= 0.6 is 0 Å². The molecule has 1 saturated carbocycles. The average molecular weight is 507 g/mol. The number of hydrogen-bond donors (Lipinski definition) is 1. The second-order valence-corrected chi connectivity index (χ2v) is 11.4. The summed E-state index contributed by atoms with van der Waals surface area (Å²) in [5.41, 5.74) is 2.75. The van der Waals surface area contributed by atoms with Crippen molar-refractivity contribution in [1.82, 2.24) is 0 Å². The number of benzene rings is 3. The van der Waals surface area contributed by atoms with Crippen molar-refractivity contribution in [2.75, 3.05) is 10.2 Å². The molecule has 2 fully saturated rings. The van der Waals surface area contributed by atoms with E-state index in [1.807, 2.05) is 12.1 Å². The minimum atomic E-state index is -0.320. The number of imide groups is 1. The molecule has 2 aliphatic carbocycles. The van der Waals surface area contributed by atoms with Gasteiger partial charge in [-0.25, -0.2) is 4.90 Å². The van der Waals surface area contributed by atoms with Gasteiger partial charge in [0, 0.05) is 11.3 Å². The van der Waals surface area contributed by atoms with Crippen molar-refractivity contribution in [3.8, 4) is 11.5 Å². The van der Waals surface area contributed by atoms with Crippen molar-refractivity contribution in [1.29, 1.82) is 0 Å². The Hall–Kier alpha value is -4.19. The minimum absolute atomic E-state index is 0.0770. The van der Waals surface area contributed by atoms with E-state index in [0.717, 1.165) is 12.2 Å². The lowest BCUT2D eigenvalue weighted by molar-refractivity contribution is -0.123. The van der Waals surface area contributed by atoms with E-state index in [1.54, 1.807) is 48.5 Å². The predicted molar refractivity (Wildman–Crippen MR) is 146 cm³/mol. The number of amides is 3. The maximum Gasteiger partial charge on any atom is 0.255 e. The van der Waals surface area contributed by atoms with Crippen LogP contribution in [0.15, 0.2) is 84.9 Å². The summed E-state index contributed by atoms with van der Waals surface area (Å²) in [6.45, 7) is 6.51. The number of nitrogens with zero attached hydrogens (tertiary/aromatic N) is 1. The monoisotopic (exact) mass is 506 g/mol. The SMILES string of the molecule is CC(C)(C)c1ccc(Oc2ccc(NC(=O)c3cccc(N4C(=O)[C@@H]5[C@H](C4=O)[C@H]4C=C[C@H]5C4)c3)cc2)cc1. The largest absolute Gasteiger partial charge is 0.457 e. The van der Waals surface area contributed by atoms with E-state index in [4.69, 9.17) is 4.74 Å². The fraction of sp³-hybridized carbons (Fsp3) is 0.281. The van der Waals surface area contributed by atoms with Crippen LogP contribution in [0.25, 0.3) is 0 Å². The van der Waals surface area contributed by atoms with E-state index >= 15 is 0 Å². The fourth-order valence-corrected chi connectivity index (χ4v) is 5.91. The van der Waals surface area contributed by atoms with E-state index < -0.39 is 0 Å². The Kier molecular flexibility index (Phi) is 5.71. The van der Waals surface area contributed by atoms with E-state index in [-0.39, 0.29) is 46.8 Å². The summed E-state index contributed by atoms with van der Waals surface area (Å²) in [7, 11) is 0. The Bertz CT molecular complexity index is 1420. The Labute approximate surface area is 222 Å². The molecule has 4 atom stereocenters. The molecule has 3 amide bonds. The van der Waals surface area contributed by atoms with Gasteiger partial charge < -0.3 is 10.1 Å². The summed E-state index contributed by atoms with van der Waals surface area (Å²) in [6.07, 6.45) is 5.03. The van der Waals surface area contributed by atoms with E-state index in [2.05, 4.69) is 50.4 Å². The molecule has 1 saturated heterocycles. The number of carbonyl (C=O) groups is 3. The van der Waals surface area contributed by atoms with E-state index in [9.17, 15) is 14.4 Å². The van der Waals surface area contributed by atoms with Crippen LogP contribution in [0.4, 0.5) is 11.4 Å². The van der Waals surface area contributed by atoms with Crippen molar-refractivity contribution in [2.24, 2.45) is 23.7 Å². The van der Waals surface area contributed by atoms with Gasteiger partial charge in [-0.2, -0.15) is 0 Å². The van der Waals surface area contributed by atoms with Gasteiger partial charge in [0.05, 0.1) is 17.5 Å². The summed E-state index contributed by atoms with van der Waals surface area (Å²) in [5.74, 6) is 0.522. The Morgan fingerprint density at radius 2 is 1.42 bits per heavy atom. The molecule has 6 heteroatoms. The molecule has 3 aromatic carbocycles. The topological polar surface area (TPSA) is 75.7 Å². The third-order valence-electron chi connectivity index (χ3n) is 7.91. The Morgan fingerprint density at radius 1 is 0.842 bits per heavy atom. The van der Waals surface area contributed by atoms with Crippen molar-refractivity contribution in [3.63, 3.8) is 0 Å². The lowest BCUT2D eigenvalue weighted by Crippen LogP contribution is -2.33. The number of carbonyl (C=O) groups excluding carboxylic acids is 3. The second-order valence-electron chi connectivity index (χ2n) is 11.4. The van der Waals surface area contributed by atoms with Crippen LogP contribution in [-0.4, -0.2) is 17.7 Å². The fourth-order valence-electron chi connectivity index (χ4n) is 5.91. The van der Waals surface area contributed by atoms with Crippen molar-refractivity contribution in [3.05, 3.63) is 96.1 Å². The molecule has 2 bridgehead atoms. The van der Waals surface area contributed by atoms with Crippen LogP contribution in [0, 0.1) is 23.7 Å². The molecule has 1 heterocycles. The molecule has 3 aromatic rings. The zero-order valence-electron chi connectivity index (χ0n) is 21.7. The molecule has 0 spiro atoms. The lowest BCUT2D eigenvalue weighted by Gasteiger charge is -2.19. The van der Waals surface area contributed by atoms with Gasteiger partial charge in [-0.3, -0.25) is 14.4 Å². The smallest absolute Gasteiger partial charge is 0.255 e. The molecule has 6 nitrogen and oxygen atoms in total. The molecule has 3 aliphatic rings. The number of fused-ring (bicyclic) bond motifs is 5. The second kappa shape index (κ2) is 8.98. The van der Waals surface area contributed by atoms with Crippen LogP contribution in [-0.2, 0) is 15.0 Å². The number of anilines is 2. The van der Waals surface area contributed by atoms with Gasteiger partial charge >= 0.3 is 0 Å². The molecular formula is C32H30N2O4. The number of hydrogen-bond acceptors (Lipinski definition) is 4. The maximum atomic E-state index is 13.1. The predicted octanol–water partition coefficient (Wildman–Crippen LogP) is 6.34. The number of ether oxygens (including phenoxy) is 1. The van der Waals surface area contributed by atoms with Gasteiger partial charge in [-0.15, -0.1) is 0 Å². The molecule has 6 rings (SSSR count). The third kappa shape index (κ3) is 4.20. The van der Waals surface area contributed by atoms with E-state index in [0.29, 0.717) is 22.7 Å². The third-order valence-corrected chi connectivity index (χ3v) is 7.91. The first-order chi connectivity index (χ1) is 18.2. The molecule has 38 heavy (non-hydrogen) atoms.